The predicted molar refractivity (Wildman–Crippen MR) is 129 cm³/mol. The van der Waals surface area contributed by atoms with Crippen molar-refractivity contribution in [3.63, 3.8) is 0 Å². The average molecular weight is 467 g/mol. The summed E-state index contributed by atoms with van der Waals surface area (Å²) in [5.41, 5.74) is 5.19. The second-order valence-corrected chi connectivity index (χ2v) is 9.25. The topological polar surface area (TPSA) is 115 Å². The number of aromatic nitrogens is 3. The van der Waals surface area contributed by atoms with Crippen molar-refractivity contribution in [3.8, 4) is 11.4 Å². The molecule has 0 saturated heterocycles. The van der Waals surface area contributed by atoms with E-state index in [-0.39, 0.29) is 22.8 Å². The molecule has 10 heteroatoms. The van der Waals surface area contributed by atoms with Gasteiger partial charge in [0.05, 0.1) is 16.9 Å². The molecule has 1 amide bonds. The number of amides is 1. The zero-order chi connectivity index (χ0) is 24.0. The molecule has 0 spiro atoms. The molecule has 1 aromatic heterocycles. The van der Waals surface area contributed by atoms with Crippen LogP contribution in [0.5, 0.6) is 0 Å². The molecule has 0 aliphatic carbocycles. The first-order chi connectivity index (χ1) is 15.7. The Morgan fingerprint density at radius 2 is 1.94 bits per heavy atom. The summed E-state index contributed by atoms with van der Waals surface area (Å²) < 4.78 is 1.97. The van der Waals surface area contributed by atoms with Crippen LogP contribution in [0.1, 0.15) is 38.8 Å². The number of carbonyl (C=O) groups is 1. The number of hydrogen-bond acceptors (Lipinski definition) is 7. The third-order valence-electron chi connectivity index (χ3n) is 4.86. The van der Waals surface area contributed by atoms with E-state index in [4.69, 9.17) is 0 Å². The molecule has 0 fully saturated rings. The Morgan fingerprint density at radius 3 is 2.58 bits per heavy atom. The summed E-state index contributed by atoms with van der Waals surface area (Å²) in [6, 6.07) is 14.3. The first-order valence-corrected chi connectivity index (χ1v) is 11.4. The maximum Gasteiger partial charge on any atom is 0.270 e. The van der Waals surface area contributed by atoms with E-state index in [1.807, 2.05) is 23.6 Å². The number of nitro benzene ring substituents is 1. The summed E-state index contributed by atoms with van der Waals surface area (Å²) in [6.45, 7) is 9.18. The maximum atomic E-state index is 12.2. The fraction of sp³-hybridized carbons (Fsp3) is 0.304. The van der Waals surface area contributed by atoms with Gasteiger partial charge in [-0.25, -0.2) is 5.43 Å². The minimum Gasteiger partial charge on any atom is -0.302 e. The van der Waals surface area contributed by atoms with E-state index in [0.29, 0.717) is 17.3 Å². The maximum absolute atomic E-state index is 12.2. The molecule has 0 radical (unpaired) electrons. The first-order valence-electron chi connectivity index (χ1n) is 10.4. The van der Waals surface area contributed by atoms with Gasteiger partial charge in [-0.1, -0.05) is 68.9 Å². The molecule has 3 aromatic rings. The Bertz CT molecular complexity index is 1170. The van der Waals surface area contributed by atoms with Crippen molar-refractivity contribution < 1.29 is 9.72 Å². The summed E-state index contributed by atoms with van der Waals surface area (Å²) in [6.07, 6.45) is 1.36. The van der Waals surface area contributed by atoms with E-state index >= 15 is 0 Å². The number of benzene rings is 2. The van der Waals surface area contributed by atoms with Crippen molar-refractivity contribution >= 4 is 29.6 Å². The van der Waals surface area contributed by atoms with Crippen LogP contribution >= 0.6 is 11.8 Å². The fourth-order valence-electron chi connectivity index (χ4n) is 3.07. The second-order valence-electron chi connectivity index (χ2n) is 8.31. The van der Waals surface area contributed by atoms with Crippen molar-refractivity contribution in [2.24, 2.45) is 5.10 Å². The molecule has 3 rings (SSSR count). The van der Waals surface area contributed by atoms with E-state index < -0.39 is 4.92 Å². The lowest BCUT2D eigenvalue weighted by atomic mass is 9.87. The van der Waals surface area contributed by atoms with E-state index in [9.17, 15) is 14.9 Å². The standard InChI is InChI=1S/C23H26N6O3S/c1-5-28-21(17-9-11-18(12-10-17)23(2,3)4)26-27-22(28)33-15-20(30)25-24-14-16-7-6-8-19(13-16)29(31)32/h6-14H,5,15H2,1-4H3,(H,25,30)/b24-14+. The number of hydrogen-bond donors (Lipinski definition) is 1. The van der Waals surface area contributed by atoms with Crippen LogP contribution in [-0.2, 0) is 16.8 Å². The smallest absolute Gasteiger partial charge is 0.270 e. The van der Waals surface area contributed by atoms with Crippen molar-refractivity contribution in [3.05, 3.63) is 69.8 Å². The van der Waals surface area contributed by atoms with Gasteiger partial charge in [0.25, 0.3) is 11.6 Å². The largest absolute Gasteiger partial charge is 0.302 e. The number of non-ortho nitro benzene ring substituents is 1. The van der Waals surface area contributed by atoms with Crippen molar-refractivity contribution in [1.29, 1.82) is 0 Å². The number of nitro groups is 1. The lowest BCUT2D eigenvalue weighted by molar-refractivity contribution is -0.384. The van der Waals surface area contributed by atoms with Crippen LogP contribution in [0.15, 0.2) is 58.8 Å². The van der Waals surface area contributed by atoms with Crippen molar-refractivity contribution in [2.75, 3.05) is 5.75 Å². The predicted octanol–water partition coefficient (Wildman–Crippen LogP) is 4.41. The zero-order valence-corrected chi connectivity index (χ0v) is 19.8. The van der Waals surface area contributed by atoms with E-state index in [1.54, 1.807) is 12.1 Å². The molecule has 0 saturated carbocycles. The molecule has 0 aliphatic heterocycles. The summed E-state index contributed by atoms with van der Waals surface area (Å²) in [7, 11) is 0. The monoisotopic (exact) mass is 466 g/mol. The van der Waals surface area contributed by atoms with Gasteiger partial charge in [-0.05, 0) is 17.9 Å². The lowest BCUT2D eigenvalue weighted by Crippen LogP contribution is -2.20. The highest BCUT2D eigenvalue weighted by atomic mass is 32.2. The SMILES string of the molecule is CCn1c(SCC(=O)N/N=C/c2cccc([N+](=O)[O-])c2)nnc1-c1ccc(C(C)(C)C)cc1. The molecule has 9 nitrogen and oxygen atoms in total. The van der Waals surface area contributed by atoms with E-state index in [2.05, 4.69) is 53.6 Å². The van der Waals surface area contributed by atoms with Gasteiger partial charge in [-0.15, -0.1) is 10.2 Å². The fourth-order valence-corrected chi connectivity index (χ4v) is 3.87. The molecule has 0 bridgehead atoms. The van der Waals surface area contributed by atoms with Gasteiger partial charge in [-0.3, -0.25) is 14.9 Å². The Morgan fingerprint density at radius 1 is 1.21 bits per heavy atom. The molecule has 0 atom stereocenters. The number of nitrogens with one attached hydrogen (secondary N) is 1. The number of hydrazone groups is 1. The molecule has 1 heterocycles. The van der Waals surface area contributed by atoms with E-state index in [1.165, 1.54) is 35.7 Å². The first kappa shape index (κ1) is 24.1. The summed E-state index contributed by atoms with van der Waals surface area (Å²) in [5.74, 6) is 0.542. The molecule has 33 heavy (non-hydrogen) atoms. The van der Waals surface area contributed by atoms with Gasteiger partial charge in [0.2, 0.25) is 0 Å². The highest BCUT2D eigenvalue weighted by molar-refractivity contribution is 7.99. The lowest BCUT2D eigenvalue weighted by Gasteiger charge is -2.19. The minimum absolute atomic E-state index is 0.0383. The molecule has 172 valence electrons. The Kier molecular flexibility index (Phi) is 7.59. The third kappa shape index (κ3) is 6.26. The number of thioether (sulfide) groups is 1. The van der Waals surface area contributed by atoms with Crippen LogP contribution < -0.4 is 5.43 Å². The Balaban J connectivity index is 1.61. The van der Waals surface area contributed by atoms with Crippen LogP contribution in [0.2, 0.25) is 0 Å². The van der Waals surface area contributed by atoms with Gasteiger partial charge in [-0.2, -0.15) is 5.10 Å². The molecular formula is C23H26N6O3S. The molecule has 0 aliphatic rings. The van der Waals surface area contributed by atoms with Crippen molar-refractivity contribution in [1.82, 2.24) is 20.2 Å². The Labute approximate surface area is 196 Å². The van der Waals surface area contributed by atoms with Gasteiger partial charge in [0.1, 0.15) is 0 Å². The summed E-state index contributed by atoms with van der Waals surface area (Å²) >= 11 is 1.27. The van der Waals surface area contributed by atoms with Crippen LogP contribution in [0.4, 0.5) is 5.69 Å². The van der Waals surface area contributed by atoms with Crippen molar-refractivity contribution in [2.45, 2.75) is 44.8 Å². The molecule has 1 N–H and O–H groups in total. The van der Waals surface area contributed by atoms with Crippen LogP contribution in [0, 0.1) is 10.1 Å². The van der Waals surface area contributed by atoms with Crippen LogP contribution in [0.3, 0.4) is 0 Å². The van der Waals surface area contributed by atoms with Crippen LogP contribution in [-0.4, -0.2) is 37.6 Å². The number of rotatable bonds is 8. The molecule has 2 aromatic carbocycles. The summed E-state index contributed by atoms with van der Waals surface area (Å²) in [4.78, 5) is 22.5. The normalized spacial score (nSPS) is 11.6. The zero-order valence-electron chi connectivity index (χ0n) is 19.0. The van der Waals surface area contributed by atoms with E-state index in [0.717, 1.165) is 11.4 Å². The number of nitrogens with zero attached hydrogens (tertiary/aromatic N) is 5. The quantitative estimate of drug-likeness (QED) is 0.227. The van der Waals surface area contributed by atoms with Gasteiger partial charge in [0.15, 0.2) is 11.0 Å². The highest BCUT2D eigenvalue weighted by Gasteiger charge is 2.17. The second kappa shape index (κ2) is 10.4. The third-order valence-corrected chi connectivity index (χ3v) is 5.83. The average Bonchev–Trinajstić information content (AvgIpc) is 3.20. The highest BCUT2D eigenvalue weighted by Crippen LogP contribution is 2.27. The molecule has 0 unspecified atom stereocenters. The summed E-state index contributed by atoms with van der Waals surface area (Å²) in [5, 5.41) is 23.9. The molecular weight excluding hydrogens is 440 g/mol. The van der Waals surface area contributed by atoms with Gasteiger partial charge in [0, 0.05) is 29.8 Å². The van der Waals surface area contributed by atoms with Gasteiger partial charge >= 0.3 is 0 Å². The minimum atomic E-state index is -0.483. The number of carbonyl (C=O) groups excluding carboxylic acids is 1. The van der Waals surface area contributed by atoms with Crippen LogP contribution in [0.25, 0.3) is 11.4 Å². The Hall–Kier alpha value is -3.53. The van der Waals surface area contributed by atoms with Gasteiger partial charge < -0.3 is 4.57 Å².